The molecule has 32 heavy (non-hydrogen) atoms. The van der Waals surface area contributed by atoms with Crippen LogP contribution in [0, 0.1) is 0 Å². The van der Waals surface area contributed by atoms with E-state index in [-0.39, 0.29) is 9.92 Å². The Bertz CT molecular complexity index is 1180. The summed E-state index contributed by atoms with van der Waals surface area (Å²) in [5, 5.41) is 3.06. The number of hydrogen-bond donors (Lipinski definition) is 2. The third-order valence-corrected chi connectivity index (χ3v) is 6.68. The van der Waals surface area contributed by atoms with Crippen LogP contribution < -0.4 is 14.8 Å². The number of anilines is 1. The molecule has 0 aliphatic rings. The second kappa shape index (κ2) is 10.2. The van der Waals surface area contributed by atoms with Crippen molar-refractivity contribution in [2.24, 2.45) is 0 Å². The number of benzene rings is 3. The Kier molecular flexibility index (Phi) is 7.56. The van der Waals surface area contributed by atoms with Gasteiger partial charge in [-0.05, 0) is 53.4 Å². The van der Waals surface area contributed by atoms with Gasteiger partial charge in [0.2, 0.25) is 15.9 Å². The van der Waals surface area contributed by atoms with Crippen molar-refractivity contribution >= 4 is 33.2 Å². The maximum absolute atomic E-state index is 13.2. The van der Waals surface area contributed by atoms with Gasteiger partial charge in [-0.1, -0.05) is 61.8 Å². The zero-order valence-electron chi connectivity index (χ0n) is 18.0. The average Bonchev–Trinajstić information content (AvgIpc) is 2.78. The number of amides is 1. The summed E-state index contributed by atoms with van der Waals surface area (Å²) in [6.45, 7) is 4.16. The van der Waals surface area contributed by atoms with Crippen molar-refractivity contribution in [3.63, 3.8) is 0 Å². The van der Waals surface area contributed by atoms with E-state index in [4.69, 9.17) is 16.3 Å². The van der Waals surface area contributed by atoms with Crippen molar-refractivity contribution in [3.8, 4) is 5.75 Å². The van der Waals surface area contributed by atoms with Gasteiger partial charge in [0.1, 0.15) is 11.8 Å². The zero-order valence-corrected chi connectivity index (χ0v) is 19.6. The summed E-state index contributed by atoms with van der Waals surface area (Å²) in [6.07, 6.45) is 0. The van der Waals surface area contributed by atoms with Crippen LogP contribution >= 0.6 is 11.6 Å². The van der Waals surface area contributed by atoms with Crippen LogP contribution in [0.25, 0.3) is 0 Å². The zero-order chi connectivity index (χ0) is 23.3. The molecule has 0 aromatic heterocycles. The highest BCUT2D eigenvalue weighted by molar-refractivity contribution is 7.89. The van der Waals surface area contributed by atoms with E-state index >= 15 is 0 Å². The van der Waals surface area contributed by atoms with Gasteiger partial charge in [0.25, 0.3) is 0 Å². The molecule has 1 amide bonds. The number of ether oxygens (including phenoxy) is 1. The van der Waals surface area contributed by atoms with Crippen LogP contribution in [-0.2, 0) is 14.8 Å². The predicted molar refractivity (Wildman–Crippen MR) is 127 cm³/mol. The van der Waals surface area contributed by atoms with Crippen LogP contribution in [-0.4, -0.2) is 21.4 Å². The molecule has 0 radical (unpaired) electrons. The second-order valence-electron chi connectivity index (χ2n) is 7.53. The monoisotopic (exact) mass is 472 g/mol. The van der Waals surface area contributed by atoms with Gasteiger partial charge in [0, 0.05) is 5.69 Å². The van der Waals surface area contributed by atoms with E-state index in [0.717, 1.165) is 5.56 Å². The summed E-state index contributed by atoms with van der Waals surface area (Å²) >= 11 is 6.24. The first-order valence-electron chi connectivity index (χ1n) is 10.0. The smallest absolute Gasteiger partial charge is 0.247 e. The molecule has 8 heteroatoms. The van der Waals surface area contributed by atoms with Crippen molar-refractivity contribution in [2.45, 2.75) is 30.7 Å². The maximum Gasteiger partial charge on any atom is 0.247 e. The highest BCUT2D eigenvalue weighted by atomic mass is 35.5. The van der Waals surface area contributed by atoms with Gasteiger partial charge in [-0.2, -0.15) is 4.72 Å². The molecule has 0 saturated heterocycles. The number of hydrogen-bond acceptors (Lipinski definition) is 4. The van der Waals surface area contributed by atoms with Crippen molar-refractivity contribution in [1.29, 1.82) is 0 Å². The molecule has 0 aliphatic carbocycles. The largest absolute Gasteiger partial charge is 0.495 e. The second-order valence-corrected chi connectivity index (χ2v) is 9.65. The van der Waals surface area contributed by atoms with Crippen LogP contribution in [0.15, 0.2) is 77.7 Å². The van der Waals surface area contributed by atoms with Crippen LogP contribution in [0.2, 0.25) is 5.02 Å². The molecule has 0 saturated carbocycles. The third kappa shape index (κ3) is 5.68. The fourth-order valence-corrected chi connectivity index (χ4v) is 4.59. The summed E-state index contributed by atoms with van der Waals surface area (Å²) in [6, 6.07) is 18.8. The van der Waals surface area contributed by atoms with Gasteiger partial charge < -0.3 is 10.1 Å². The van der Waals surface area contributed by atoms with Gasteiger partial charge in [-0.15, -0.1) is 0 Å². The van der Waals surface area contributed by atoms with Crippen molar-refractivity contribution in [2.75, 3.05) is 12.4 Å². The van der Waals surface area contributed by atoms with Gasteiger partial charge in [-0.3, -0.25) is 4.79 Å². The fraction of sp³-hybridized carbons (Fsp3) is 0.208. The number of carbonyl (C=O) groups is 1. The number of carbonyl (C=O) groups excluding carboxylic acids is 1. The van der Waals surface area contributed by atoms with Crippen molar-refractivity contribution < 1.29 is 17.9 Å². The van der Waals surface area contributed by atoms with E-state index in [1.165, 1.54) is 25.3 Å². The standard InChI is InChI=1S/C24H25ClN2O4S/c1-16(2)17-9-12-19(13-10-17)26-24(28)23(18-11-14-22(31-3)21(25)15-18)27-32(29,30)20-7-5-4-6-8-20/h4-16,23,27H,1-3H3,(H,26,28). The first-order valence-corrected chi connectivity index (χ1v) is 11.9. The highest BCUT2D eigenvalue weighted by Gasteiger charge is 2.28. The molecule has 0 heterocycles. The van der Waals surface area contributed by atoms with Crippen molar-refractivity contribution in [3.05, 3.63) is 88.9 Å². The average molecular weight is 473 g/mol. The maximum atomic E-state index is 13.2. The van der Waals surface area contributed by atoms with Gasteiger partial charge in [-0.25, -0.2) is 8.42 Å². The number of methoxy groups -OCH3 is 1. The molecule has 2 N–H and O–H groups in total. The van der Waals surface area contributed by atoms with Gasteiger partial charge >= 0.3 is 0 Å². The SMILES string of the molecule is COc1ccc(C(NS(=O)(=O)c2ccccc2)C(=O)Nc2ccc(C(C)C)cc2)cc1Cl. The Morgan fingerprint density at radius 3 is 2.12 bits per heavy atom. The number of halogens is 1. The van der Waals surface area contributed by atoms with Crippen LogP contribution in [0.3, 0.4) is 0 Å². The minimum Gasteiger partial charge on any atom is -0.495 e. The summed E-state index contributed by atoms with van der Waals surface area (Å²) < 4.78 is 33.6. The summed E-state index contributed by atoms with van der Waals surface area (Å²) in [7, 11) is -2.50. The lowest BCUT2D eigenvalue weighted by atomic mass is 10.0. The Morgan fingerprint density at radius 1 is 0.938 bits per heavy atom. The molecule has 0 fully saturated rings. The molecule has 0 aliphatic heterocycles. The quantitative estimate of drug-likeness (QED) is 0.476. The molecule has 0 spiro atoms. The fourth-order valence-electron chi connectivity index (χ4n) is 3.12. The van der Waals surface area contributed by atoms with Crippen LogP contribution in [0.1, 0.15) is 36.9 Å². The molecular weight excluding hydrogens is 448 g/mol. The molecule has 1 unspecified atom stereocenters. The number of rotatable bonds is 8. The topological polar surface area (TPSA) is 84.5 Å². The van der Waals surface area contributed by atoms with E-state index < -0.39 is 22.0 Å². The number of sulfonamides is 1. The first kappa shape index (κ1) is 23.8. The normalized spacial score (nSPS) is 12.4. The van der Waals surface area contributed by atoms with Crippen molar-refractivity contribution in [1.82, 2.24) is 4.72 Å². The first-order chi connectivity index (χ1) is 15.2. The van der Waals surface area contributed by atoms with E-state index in [2.05, 4.69) is 23.9 Å². The molecule has 0 bridgehead atoms. The minimum atomic E-state index is -3.98. The molecule has 168 valence electrons. The minimum absolute atomic E-state index is 0.0543. The molecule has 1 atom stereocenters. The van der Waals surface area contributed by atoms with E-state index in [1.54, 1.807) is 42.5 Å². The third-order valence-electron chi connectivity index (χ3n) is 4.94. The Morgan fingerprint density at radius 2 is 1.56 bits per heavy atom. The van der Waals surface area contributed by atoms with Gasteiger partial charge in [0.05, 0.1) is 17.0 Å². The Balaban J connectivity index is 1.94. The van der Waals surface area contributed by atoms with E-state index in [1.807, 2.05) is 12.1 Å². The molecule has 3 aromatic carbocycles. The molecule has 6 nitrogen and oxygen atoms in total. The molecular formula is C24H25ClN2O4S. The highest BCUT2D eigenvalue weighted by Crippen LogP contribution is 2.29. The van der Waals surface area contributed by atoms with E-state index in [0.29, 0.717) is 22.9 Å². The molecule has 3 rings (SSSR count). The number of nitrogens with one attached hydrogen (secondary N) is 2. The van der Waals surface area contributed by atoms with Crippen LogP contribution in [0.4, 0.5) is 5.69 Å². The molecule has 3 aromatic rings. The van der Waals surface area contributed by atoms with Gasteiger partial charge in [0.15, 0.2) is 0 Å². The summed E-state index contributed by atoms with van der Waals surface area (Å²) in [5.41, 5.74) is 2.07. The predicted octanol–water partition coefficient (Wildman–Crippen LogP) is 5.13. The lowest BCUT2D eigenvalue weighted by molar-refractivity contribution is -0.117. The Labute approximate surface area is 193 Å². The summed E-state index contributed by atoms with van der Waals surface area (Å²) in [4.78, 5) is 13.2. The lowest BCUT2D eigenvalue weighted by Gasteiger charge is -2.20. The van der Waals surface area contributed by atoms with Crippen LogP contribution in [0.5, 0.6) is 5.75 Å². The Hall–Kier alpha value is -2.87. The lowest BCUT2D eigenvalue weighted by Crippen LogP contribution is -2.37. The van der Waals surface area contributed by atoms with E-state index in [9.17, 15) is 13.2 Å². The summed E-state index contributed by atoms with van der Waals surface area (Å²) in [5.74, 6) is 0.236.